The highest BCUT2D eigenvalue weighted by atomic mass is 127. The first-order valence-electron chi connectivity index (χ1n) is 7.75. The van der Waals surface area contributed by atoms with Crippen LogP contribution in [0, 0.1) is 5.92 Å². The maximum absolute atomic E-state index is 11.4. The molecule has 0 aliphatic carbocycles. The zero-order valence-corrected chi connectivity index (χ0v) is 15.0. The summed E-state index contributed by atoms with van der Waals surface area (Å²) in [4.78, 5) is 11.4. The number of hydrogen-bond donors (Lipinski definition) is 0. The van der Waals surface area contributed by atoms with E-state index in [-0.39, 0.29) is 18.1 Å². The molecule has 0 spiro atoms. The third kappa shape index (κ3) is 5.43. The smallest absolute Gasteiger partial charge is 0.431 e. The number of rotatable bonds is 8. The van der Waals surface area contributed by atoms with Gasteiger partial charge < -0.3 is 14.2 Å². The van der Waals surface area contributed by atoms with Crippen molar-refractivity contribution in [2.75, 3.05) is 11.0 Å². The lowest BCUT2D eigenvalue weighted by molar-refractivity contribution is -0.0887. The van der Waals surface area contributed by atoms with Crippen molar-refractivity contribution in [3.8, 4) is 0 Å². The molecule has 0 amide bonds. The van der Waals surface area contributed by atoms with Gasteiger partial charge >= 0.3 is 6.16 Å². The Morgan fingerprint density at radius 1 is 1.14 bits per heavy atom. The highest BCUT2D eigenvalue weighted by molar-refractivity contribution is 14.1. The molecule has 1 saturated heterocycles. The zero-order chi connectivity index (χ0) is 15.8. The third-order valence-corrected chi connectivity index (χ3v) is 4.83. The van der Waals surface area contributed by atoms with Crippen LogP contribution in [0.4, 0.5) is 4.79 Å². The van der Waals surface area contributed by atoms with Crippen LogP contribution < -0.4 is 0 Å². The number of unbranched alkanes of at least 4 members (excludes halogenated alkanes) is 1. The third-order valence-electron chi connectivity index (χ3n) is 3.96. The van der Waals surface area contributed by atoms with Gasteiger partial charge in [-0.15, -0.1) is 0 Å². The van der Waals surface area contributed by atoms with Crippen LogP contribution in [-0.4, -0.2) is 29.4 Å². The molecule has 0 radical (unpaired) electrons. The Bertz CT molecular complexity index is 451. The SMILES string of the molecule is C[C@@H]1[C@H](CI)OC(=O)O[C@@H]1CCCCOCc1ccccc1. The van der Waals surface area contributed by atoms with Crippen molar-refractivity contribution >= 4 is 28.7 Å². The lowest BCUT2D eigenvalue weighted by Crippen LogP contribution is -2.43. The normalized spacial score (nSPS) is 24.6. The topological polar surface area (TPSA) is 44.8 Å². The number of cyclic esters (lactones) is 2. The monoisotopic (exact) mass is 418 g/mol. The van der Waals surface area contributed by atoms with Gasteiger partial charge in [-0.05, 0) is 24.8 Å². The van der Waals surface area contributed by atoms with Gasteiger partial charge in [0.05, 0.1) is 6.61 Å². The first-order valence-corrected chi connectivity index (χ1v) is 9.28. The van der Waals surface area contributed by atoms with Gasteiger partial charge in [0.25, 0.3) is 0 Å². The van der Waals surface area contributed by atoms with E-state index in [0.29, 0.717) is 6.61 Å². The Hall–Kier alpha value is -0.820. The van der Waals surface area contributed by atoms with Gasteiger partial charge in [-0.1, -0.05) is 59.8 Å². The summed E-state index contributed by atoms with van der Waals surface area (Å²) in [5.74, 6) is 0.250. The Balaban J connectivity index is 1.60. The molecule has 0 N–H and O–H groups in total. The summed E-state index contributed by atoms with van der Waals surface area (Å²) in [5, 5.41) is 0. The van der Waals surface area contributed by atoms with E-state index >= 15 is 0 Å². The van der Waals surface area contributed by atoms with Gasteiger partial charge in [0, 0.05) is 17.0 Å². The molecule has 1 heterocycles. The van der Waals surface area contributed by atoms with Crippen LogP contribution in [0.1, 0.15) is 31.7 Å². The van der Waals surface area contributed by atoms with E-state index in [9.17, 15) is 4.79 Å². The summed E-state index contributed by atoms with van der Waals surface area (Å²) in [6, 6.07) is 10.2. The van der Waals surface area contributed by atoms with Gasteiger partial charge in [-0.2, -0.15) is 0 Å². The van der Waals surface area contributed by atoms with E-state index in [1.807, 2.05) is 18.2 Å². The summed E-state index contributed by atoms with van der Waals surface area (Å²) in [6.45, 7) is 3.48. The first kappa shape index (κ1) is 17.5. The largest absolute Gasteiger partial charge is 0.508 e. The number of carbonyl (C=O) groups is 1. The van der Waals surface area contributed by atoms with Crippen molar-refractivity contribution in [3.05, 3.63) is 35.9 Å². The lowest BCUT2D eigenvalue weighted by Gasteiger charge is -2.34. The number of ether oxygens (including phenoxy) is 3. The van der Waals surface area contributed by atoms with E-state index in [4.69, 9.17) is 14.2 Å². The minimum absolute atomic E-state index is 0.0267. The van der Waals surface area contributed by atoms with E-state index in [0.717, 1.165) is 30.3 Å². The number of hydrogen-bond acceptors (Lipinski definition) is 4. The summed E-state index contributed by atoms with van der Waals surface area (Å²) < 4.78 is 17.0. The van der Waals surface area contributed by atoms with Crippen LogP contribution in [0.5, 0.6) is 0 Å². The summed E-state index contributed by atoms with van der Waals surface area (Å²) in [7, 11) is 0. The van der Waals surface area contributed by atoms with Gasteiger partial charge in [-0.25, -0.2) is 4.79 Å². The molecule has 2 rings (SSSR count). The molecule has 1 aliphatic heterocycles. The van der Waals surface area contributed by atoms with E-state index in [1.54, 1.807) is 0 Å². The zero-order valence-electron chi connectivity index (χ0n) is 12.9. The van der Waals surface area contributed by atoms with E-state index in [1.165, 1.54) is 5.56 Å². The summed E-state index contributed by atoms with van der Waals surface area (Å²) in [5.41, 5.74) is 1.19. The van der Waals surface area contributed by atoms with Gasteiger partial charge in [0.2, 0.25) is 0 Å². The fourth-order valence-electron chi connectivity index (χ4n) is 2.54. The van der Waals surface area contributed by atoms with Gasteiger partial charge in [-0.3, -0.25) is 0 Å². The van der Waals surface area contributed by atoms with Crippen LogP contribution in [0.3, 0.4) is 0 Å². The maximum atomic E-state index is 11.4. The molecule has 0 aromatic heterocycles. The maximum Gasteiger partial charge on any atom is 0.508 e. The molecule has 5 heteroatoms. The van der Waals surface area contributed by atoms with Crippen molar-refractivity contribution < 1.29 is 19.0 Å². The predicted molar refractivity (Wildman–Crippen MR) is 93.1 cm³/mol. The van der Waals surface area contributed by atoms with Crippen molar-refractivity contribution in [2.24, 2.45) is 5.92 Å². The molecule has 1 fully saturated rings. The fourth-order valence-corrected chi connectivity index (χ4v) is 3.52. The second-order valence-corrected chi connectivity index (χ2v) is 6.49. The Labute approximate surface area is 145 Å². The Kier molecular flexibility index (Phi) is 7.45. The Morgan fingerprint density at radius 2 is 1.86 bits per heavy atom. The number of alkyl halides is 1. The number of halogens is 1. The minimum atomic E-state index is -0.523. The number of carbonyl (C=O) groups excluding carboxylic acids is 1. The molecule has 22 heavy (non-hydrogen) atoms. The lowest BCUT2D eigenvalue weighted by atomic mass is 9.94. The quantitative estimate of drug-likeness (QED) is 0.273. The fraction of sp³-hybridized carbons (Fsp3) is 0.588. The van der Waals surface area contributed by atoms with Gasteiger partial charge in [0.1, 0.15) is 12.2 Å². The van der Waals surface area contributed by atoms with Gasteiger partial charge in [0.15, 0.2) is 0 Å². The molecule has 1 aromatic carbocycles. The van der Waals surface area contributed by atoms with Crippen LogP contribution in [0.2, 0.25) is 0 Å². The highest BCUT2D eigenvalue weighted by Crippen LogP contribution is 2.26. The molecular weight excluding hydrogens is 395 g/mol. The molecule has 122 valence electrons. The van der Waals surface area contributed by atoms with Crippen molar-refractivity contribution in [3.63, 3.8) is 0 Å². The molecule has 4 nitrogen and oxygen atoms in total. The molecular formula is C17H23IO4. The molecule has 3 atom stereocenters. The standard InChI is InChI=1S/C17H23IO4/c1-13-15(21-17(19)22-16(13)11-18)9-5-6-10-20-12-14-7-3-2-4-8-14/h2-4,7-8,13,15-16H,5-6,9-12H2,1H3/t13-,15+,16-/m0/s1. The highest BCUT2D eigenvalue weighted by Gasteiger charge is 2.36. The van der Waals surface area contributed by atoms with Crippen LogP contribution in [-0.2, 0) is 20.8 Å². The van der Waals surface area contributed by atoms with Crippen molar-refractivity contribution in [1.82, 2.24) is 0 Å². The predicted octanol–water partition coefficient (Wildman–Crippen LogP) is 4.35. The van der Waals surface area contributed by atoms with E-state index < -0.39 is 6.16 Å². The summed E-state index contributed by atoms with van der Waals surface area (Å²) >= 11 is 2.25. The van der Waals surface area contributed by atoms with Crippen molar-refractivity contribution in [1.29, 1.82) is 0 Å². The van der Waals surface area contributed by atoms with Crippen LogP contribution in [0.25, 0.3) is 0 Å². The van der Waals surface area contributed by atoms with Crippen LogP contribution >= 0.6 is 22.6 Å². The average molecular weight is 418 g/mol. The van der Waals surface area contributed by atoms with Crippen molar-refractivity contribution in [2.45, 2.75) is 45.0 Å². The molecule has 0 unspecified atom stereocenters. The average Bonchev–Trinajstić information content (AvgIpc) is 2.54. The second kappa shape index (κ2) is 9.35. The number of benzene rings is 1. The Morgan fingerprint density at radius 3 is 2.59 bits per heavy atom. The molecule has 1 aromatic rings. The van der Waals surface area contributed by atoms with Crippen LogP contribution in [0.15, 0.2) is 30.3 Å². The second-order valence-electron chi connectivity index (χ2n) is 5.61. The molecule has 1 aliphatic rings. The molecule has 0 saturated carbocycles. The summed E-state index contributed by atoms with van der Waals surface area (Å²) in [6.07, 6.45) is 2.26. The first-order chi connectivity index (χ1) is 10.7. The van der Waals surface area contributed by atoms with E-state index in [2.05, 4.69) is 41.6 Å². The minimum Gasteiger partial charge on any atom is -0.431 e. The molecule has 0 bridgehead atoms.